The van der Waals surface area contributed by atoms with Crippen molar-refractivity contribution in [2.75, 3.05) is 19.7 Å². The zero-order valence-corrected chi connectivity index (χ0v) is 8.45. The Kier molecular flexibility index (Phi) is 5.27. The number of nitrogens with one attached hydrogen (secondary N) is 1. The summed E-state index contributed by atoms with van der Waals surface area (Å²) in [4.78, 5) is 0. The van der Waals surface area contributed by atoms with Crippen LogP contribution in [0.2, 0.25) is 0 Å². The fourth-order valence-electron chi connectivity index (χ4n) is 1.17. The molecular formula is C9H17N3O3. The molecule has 1 aromatic rings. The summed E-state index contributed by atoms with van der Waals surface area (Å²) in [6.07, 6.45) is 2.08. The van der Waals surface area contributed by atoms with Crippen LogP contribution < -0.4 is 5.32 Å². The van der Waals surface area contributed by atoms with E-state index in [-0.39, 0.29) is 13.2 Å². The van der Waals surface area contributed by atoms with Crippen LogP contribution >= 0.6 is 0 Å². The van der Waals surface area contributed by atoms with Gasteiger partial charge < -0.3 is 20.6 Å². The van der Waals surface area contributed by atoms with E-state index < -0.39 is 12.2 Å². The van der Waals surface area contributed by atoms with Crippen LogP contribution in [0.1, 0.15) is 0 Å². The smallest absolute Gasteiger partial charge is 0.0894 e. The van der Waals surface area contributed by atoms with Gasteiger partial charge in [-0.25, -0.2) is 0 Å². The minimum Gasteiger partial charge on any atom is -0.394 e. The van der Waals surface area contributed by atoms with Crippen LogP contribution in [-0.4, -0.2) is 57.0 Å². The molecular weight excluding hydrogens is 198 g/mol. The number of aliphatic hydroxyl groups is 3. The Morgan fingerprint density at radius 1 is 1.27 bits per heavy atom. The van der Waals surface area contributed by atoms with E-state index in [4.69, 9.17) is 10.2 Å². The molecule has 0 aliphatic carbocycles. The summed E-state index contributed by atoms with van der Waals surface area (Å²) in [6, 6.07) is 1.79. The molecule has 0 fully saturated rings. The number of rotatable bonds is 7. The maximum Gasteiger partial charge on any atom is 0.0894 e. The fraction of sp³-hybridized carbons (Fsp3) is 0.667. The third kappa shape index (κ3) is 4.89. The van der Waals surface area contributed by atoms with E-state index >= 15 is 0 Å². The SMILES string of the molecule is OCC(O)CNCC(O)Cn1cccn1. The quantitative estimate of drug-likeness (QED) is 0.430. The van der Waals surface area contributed by atoms with Gasteiger partial charge >= 0.3 is 0 Å². The third-order valence-electron chi connectivity index (χ3n) is 1.93. The number of hydrogen-bond acceptors (Lipinski definition) is 5. The summed E-state index contributed by atoms with van der Waals surface area (Å²) in [5.74, 6) is 0. The van der Waals surface area contributed by atoms with E-state index in [0.717, 1.165) is 0 Å². The first-order valence-electron chi connectivity index (χ1n) is 4.87. The Labute approximate surface area is 88.2 Å². The van der Waals surface area contributed by atoms with Gasteiger partial charge in [0, 0.05) is 25.5 Å². The Morgan fingerprint density at radius 2 is 2.00 bits per heavy atom. The minimum absolute atomic E-state index is 0.271. The molecule has 86 valence electrons. The van der Waals surface area contributed by atoms with Crippen molar-refractivity contribution < 1.29 is 15.3 Å². The fourth-order valence-corrected chi connectivity index (χ4v) is 1.17. The predicted octanol–water partition coefficient (Wildman–Crippen LogP) is -1.81. The molecule has 1 rings (SSSR count). The van der Waals surface area contributed by atoms with E-state index in [2.05, 4.69) is 10.4 Å². The number of aromatic nitrogens is 2. The standard InChI is InChI=1S/C9H17N3O3/c13-7-9(15)5-10-4-8(14)6-12-3-1-2-11-12/h1-3,8-10,13-15H,4-7H2. The summed E-state index contributed by atoms with van der Waals surface area (Å²) in [6.45, 7) is 0.765. The van der Waals surface area contributed by atoms with Crippen molar-refractivity contribution in [1.82, 2.24) is 15.1 Å². The summed E-state index contributed by atoms with van der Waals surface area (Å²) in [5.41, 5.74) is 0. The summed E-state index contributed by atoms with van der Waals surface area (Å²) >= 11 is 0. The van der Waals surface area contributed by atoms with Crippen LogP contribution in [0.3, 0.4) is 0 Å². The van der Waals surface area contributed by atoms with Gasteiger partial charge in [0.05, 0.1) is 25.4 Å². The lowest BCUT2D eigenvalue weighted by molar-refractivity contribution is 0.0869. The van der Waals surface area contributed by atoms with Gasteiger partial charge in [0.15, 0.2) is 0 Å². The summed E-state index contributed by atoms with van der Waals surface area (Å²) < 4.78 is 1.63. The second-order valence-electron chi connectivity index (χ2n) is 3.38. The van der Waals surface area contributed by atoms with Crippen molar-refractivity contribution in [3.63, 3.8) is 0 Å². The molecule has 0 saturated carbocycles. The van der Waals surface area contributed by atoms with Crippen molar-refractivity contribution >= 4 is 0 Å². The lowest BCUT2D eigenvalue weighted by Crippen LogP contribution is -2.36. The van der Waals surface area contributed by atoms with Gasteiger partial charge in [-0.3, -0.25) is 4.68 Å². The highest BCUT2D eigenvalue weighted by Crippen LogP contribution is 1.90. The molecule has 0 spiro atoms. The highest BCUT2D eigenvalue weighted by Gasteiger charge is 2.06. The second kappa shape index (κ2) is 6.52. The molecule has 0 aromatic carbocycles. The van der Waals surface area contributed by atoms with Crippen molar-refractivity contribution in [3.8, 4) is 0 Å². The van der Waals surface area contributed by atoms with E-state index in [9.17, 15) is 5.11 Å². The molecule has 0 radical (unpaired) electrons. The van der Waals surface area contributed by atoms with Crippen LogP contribution in [0.4, 0.5) is 0 Å². The maximum absolute atomic E-state index is 9.54. The first-order chi connectivity index (χ1) is 7.22. The highest BCUT2D eigenvalue weighted by molar-refractivity contribution is 4.78. The highest BCUT2D eigenvalue weighted by atomic mass is 16.3. The van der Waals surface area contributed by atoms with E-state index in [1.165, 1.54) is 0 Å². The lowest BCUT2D eigenvalue weighted by atomic mass is 10.3. The van der Waals surface area contributed by atoms with Crippen LogP contribution in [0, 0.1) is 0 Å². The van der Waals surface area contributed by atoms with Gasteiger partial charge in [-0.2, -0.15) is 5.10 Å². The topological polar surface area (TPSA) is 90.5 Å². The predicted molar refractivity (Wildman–Crippen MR) is 54.2 cm³/mol. The molecule has 0 saturated heterocycles. The second-order valence-corrected chi connectivity index (χ2v) is 3.38. The number of aliphatic hydroxyl groups excluding tert-OH is 3. The van der Waals surface area contributed by atoms with Crippen molar-refractivity contribution in [2.24, 2.45) is 0 Å². The van der Waals surface area contributed by atoms with Gasteiger partial charge in [-0.05, 0) is 6.07 Å². The molecule has 0 bridgehead atoms. The Bertz CT molecular complexity index is 253. The van der Waals surface area contributed by atoms with E-state index in [1.807, 2.05) is 0 Å². The Hall–Kier alpha value is -0.950. The third-order valence-corrected chi connectivity index (χ3v) is 1.93. The van der Waals surface area contributed by atoms with Gasteiger partial charge in [-0.1, -0.05) is 0 Å². The average Bonchev–Trinajstić information content (AvgIpc) is 2.70. The maximum atomic E-state index is 9.54. The minimum atomic E-state index is -0.776. The molecule has 6 heteroatoms. The molecule has 6 nitrogen and oxygen atoms in total. The summed E-state index contributed by atoms with van der Waals surface area (Å²) in [7, 11) is 0. The zero-order chi connectivity index (χ0) is 11.1. The lowest BCUT2D eigenvalue weighted by Gasteiger charge is -2.13. The molecule has 0 aliphatic rings. The van der Waals surface area contributed by atoms with Gasteiger partial charge in [0.1, 0.15) is 0 Å². The first kappa shape index (κ1) is 12.1. The van der Waals surface area contributed by atoms with Crippen LogP contribution in [-0.2, 0) is 6.54 Å². The van der Waals surface area contributed by atoms with Crippen molar-refractivity contribution in [2.45, 2.75) is 18.8 Å². The molecule has 0 aliphatic heterocycles. The molecule has 4 N–H and O–H groups in total. The van der Waals surface area contributed by atoms with Crippen LogP contribution in [0.15, 0.2) is 18.5 Å². The molecule has 2 atom stereocenters. The van der Waals surface area contributed by atoms with Gasteiger partial charge in [0.25, 0.3) is 0 Å². The zero-order valence-electron chi connectivity index (χ0n) is 8.45. The number of hydrogen-bond donors (Lipinski definition) is 4. The largest absolute Gasteiger partial charge is 0.394 e. The van der Waals surface area contributed by atoms with Gasteiger partial charge in [0.2, 0.25) is 0 Å². The van der Waals surface area contributed by atoms with E-state index in [0.29, 0.717) is 13.1 Å². The van der Waals surface area contributed by atoms with Crippen LogP contribution in [0.5, 0.6) is 0 Å². The van der Waals surface area contributed by atoms with Crippen molar-refractivity contribution in [1.29, 1.82) is 0 Å². The van der Waals surface area contributed by atoms with E-state index in [1.54, 1.807) is 23.1 Å². The first-order valence-corrected chi connectivity index (χ1v) is 4.87. The number of nitrogens with zero attached hydrogens (tertiary/aromatic N) is 2. The molecule has 2 unspecified atom stereocenters. The Balaban J connectivity index is 2.11. The molecule has 0 amide bonds. The summed E-state index contributed by atoms with van der Waals surface area (Å²) in [5, 5.41) is 33.9. The molecule has 15 heavy (non-hydrogen) atoms. The van der Waals surface area contributed by atoms with Crippen molar-refractivity contribution in [3.05, 3.63) is 18.5 Å². The molecule has 1 aromatic heterocycles. The molecule has 1 heterocycles. The monoisotopic (exact) mass is 215 g/mol. The van der Waals surface area contributed by atoms with Gasteiger partial charge in [-0.15, -0.1) is 0 Å². The average molecular weight is 215 g/mol. The van der Waals surface area contributed by atoms with Crippen LogP contribution in [0.25, 0.3) is 0 Å². The Morgan fingerprint density at radius 3 is 2.60 bits per heavy atom. The normalized spacial score (nSPS) is 15.1.